The summed E-state index contributed by atoms with van der Waals surface area (Å²) in [6, 6.07) is 4.93. The number of aromatic nitrogens is 2. The molecule has 0 aliphatic carbocycles. The van der Waals surface area contributed by atoms with Crippen molar-refractivity contribution in [2.24, 2.45) is 0 Å². The normalized spacial score (nSPS) is 14.9. The number of anilines is 1. The molecule has 2 heterocycles. The van der Waals surface area contributed by atoms with Crippen LogP contribution in [-0.2, 0) is 17.5 Å². The monoisotopic (exact) mass is 472 g/mol. The van der Waals surface area contributed by atoms with Crippen LogP contribution >= 0.6 is 11.6 Å². The number of alkyl halides is 3. The molecular formula is C20H24ClF3N6O2. The molecule has 0 saturated carbocycles. The van der Waals surface area contributed by atoms with Gasteiger partial charge in [-0.15, -0.1) is 0 Å². The molecule has 0 unspecified atom stereocenters. The zero-order chi connectivity index (χ0) is 23.1. The van der Waals surface area contributed by atoms with E-state index in [0.717, 1.165) is 18.6 Å². The van der Waals surface area contributed by atoms with Crippen LogP contribution in [0.5, 0.6) is 0 Å². The second-order valence-corrected chi connectivity index (χ2v) is 7.77. The van der Waals surface area contributed by atoms with Gasteiger partial charge in [0, 0.05) is 57.3 Å². The highest BCUT2D eigenvalue weighted by molar-refractivity contribution is 6.31. The van der Waals surface area contributed by atoms with Gasteiger partial charge in [-0.3, -0.25) is 14.4 Å². The SMILES string of the molecule is O=C(CN1CCN(C(=O)NCCCn2cccn2)CC1)Nc1ccc(Cl)c(C(F)(F)F)c1. The van der Waals surface area contributed by atoms with Crippen LogP contribution in [0.3, 0.4) is 0 Å². The van der Waals surface area contributed by atoms with E-state index in [1.165, 1.54) is 6.07 Å². The number of nitrogens with zero attached hydrogens (tertiary/aromatic N) is 4. The molecular weight excluding hydrogens is 449 g/mol. The van der Waals surface area contributed by atoms with Crippen molar-refractivity contribution in [1.29, 1.82) is 0 Å². The molecule has 174 valence electrons. The van der Waals surface area contributed by atoms with Crippen molar-refractivity contribution >= 4 is 29.2 Å². The van der Waals surface area contributed by atoms with Gasteiger partial charge in [-0.2, -0.15) is 18.3 Å². The Hall–Kier alpha value is -2.79. The number of aryl methyl sites for hydroxylation is 1. The lowest BCUT2D eigenvalue weighted by molar-refractivity contribution is -0.137. The molecule has 1 saturated heterocycles. The standard InChI is InChI=1S/C20H24ClF3N6O2/c21-17-4-3-15(13-16(17)20(22,23)24)27-18(31)14-28-9-11-29(12-10-28)19(32)25-5-1-7-30-8-2-6-26-30/h2-4,6,8,13H,1,5,7,9-12,14H2,(H,25,32)(H,27,31). The molecule has 32 heavy (non-hydrogen) atoms. The van der Waals surface area contributed by atoms with Gasteiger partial charge in [0.15, 0.2) is 0 Å². The van der Waals surface area contributed by atoms with Gasteiger partial charge in [0.1, 0.15) is 0 Å². The predicted octanol–water partition coefficient (Wildman–Crippen LogP) is 2.91. The van der Waals surface area contributed by atoms with E-state index >= 15 is 0 Å². The van der Waals surface area contributed by atoms with Crippen LogP contribution in [0.25, 0.3) is 0 Å². The first kappa shape index (κ1) is 23.9. The van der Waals surface area contributed by atoms with E-state index in [0.29, 0.717) is 39.3 Å². The van der Waals surface area contributed by atoms with Crippen molar-refractivity contribution < 1.29 is 22.8 Å². The summed E-state index contributed by atoms with van der Waals surface area (Å²) in [7, 11) is 0. The molecule has 8 nitrogen and oxygen atoms in total. The highest BCUT2D eigenvalue weighted by atomic mass is 35.5. The highest BCUT2D eigenvalue weighted by Gasteiger charge is 2.33. The lowest BCUT2D eigenvalue weighted by atomic mass is 10.2. The van der Waals surface area contributed by atoms with Gasteiger partial charge in [0.2, 0.25) is 5.91 Å². The van der Waals surface area contributed by atoms with Crippen LogP contribution in [0.1, 0.15) is 12.0 Å². The summed E-state index contributed by atoms with van der Waals surface area (Å²) in [5.41, 5.74) is -0.971. The zero-order valence-electron chi connectivity index (χ0n) is 17.2. The summed E-state index contributed by atoms with van der Waals surface area (Å²) in [4.78, 5) is 28.0. The number of halogens is 4. The molecule has 1 aliphatic heterocycles. The molecule has 0 atom stereocenters. The number of carbonyl (C=O) groups excluding carboxylic acids is 2. The number of piperazine rings is 1. The third-order valence-electron chi connectivity index (χ3n) is 4.98. The van der Waals surface area contributed by atoms with Gasteiger partial charge in [0.05, 0.1) is 17.1 Å². The van der Waals surface area contributed by atoms with Gasteiger partial charge in [-0.05, 0) is 30.7 Å². The molecule has 0 bridgehead atoms. The van der Waals surface area contributed by atoms with E-state index in [1.54, 1.807) is 15.8 Å². The van der Waals surface area contributed by atoms with Crippen LogP contribution in [0.4, 0.5) is 23.7 Å². The molecule has 12 heteroatoms. The fourth-order valence-corrected chi connectivity index (χ4v) is 3.54. The number of urea groups is 1. The molecule has 0 spiro atoms. The maximum Gasteiger partial charge on any atom is 0.417 e. The summed E-state index contributed by atoms with van der Waals surface area (Å²) in [6.07, 6.45) is -0.283. The summed E-state index contributed by atoms with van der Waals surface area (Å²) in [5.74, 6) is -0.433. The second kappa shape index (κ2) is 10.7. The highest BCUT2D eigenvalue weighted by Crippen LogP contribution is 2.36. The quantitative estimate of drug-likeness (QED) is 0.607. The van der Waals surface area contributed by atoms with Crippen molar-refractivity contribution in [2.75, 3.05) is 44.6 Å². The molecule has 2 aromatic rings. The average Bonchev–Trinajstić information content (AvgIpc) is 3.26. The molecule has 1 aromatic heterocycles. The average molecular weight is 473 g/mol. The largest absolute Gasteiger partial charge is 0.417 e. The number of hydrogen-bond acceptors (Lipinski definition) is 4. The van der Waals surface area contributed by atoms with Crippen LogP contribution < -0.4 is 10.6 Å². The van der Waals surface area contributed by atoms with Crippen LogP contribution in [0, 0.1) is 0 Å². The maximum absolute atomic E-state index is 13.0. The third-order valence-corrected chi connectivity index (χ3v) is 5.31. The first-order chi connectivity index (χ1) is 15.2. The molecule has 3 rings (SSSR count). The smallest absolute Gasteiger partial charge is 0.338 e. The van der Waals surface area contributed by atoms with Gasteiger partial charge in [-0.25, -0.2) is 4.79 Å². The van der Waals surface area contributed by atoms with Crippen molar-refractivity contribution in [2.45, 2.75) is 19.1 Å². The number of benzene rings is 1. The molecule has 3 amide bonds. The number of nitrogens with one attached hydrogen (secondary N) is 2. The first-order valence-corrected chi connectivity index (χ1v) is 10.5. The fraction of sp³-hybridized carbons (Fsp3) is 0.450. The number of carbonyl (C=O) groups is 2. The lowest BCUT2D eigenvalue weighted by Gasteiger charge is -2.34. The predicted molar refractivity (Wildman–Crippen MR) is 113 cm³/mol. The minimum Gasteiger partial charge on any atom is -0.338 e. The topological polar surface area (TPSA) is 82.5 Å². The Labute approximate surface area is 188 Å². The van der Waals surface area contributed by atoms with E-state index in [-0.39, 0.29) is 18.3 Å². The minimum atomic E-state index is -4.60. The van der Waals surface area contributed by atoms with E-state index in [4.69, 9.17) is 11.6 Å². The molecule has 1 aromatic carbocycles. The fourth-order valence-electron chi connectivity index (χ4n) is 3.31. The van der Waals surface area contributed by atoms with Crippen molar-refractivity contribution in [3.8, 4) is 0 Å². The van der Waals surface area contributed by atoms with Crippen molar-refractivity contribution in [3.63, 3.8) is 0 Å². The Morgan fingerprint density at radius 1 is 1.16 bits per heavy atom. The van der Waals surface area contributed by atoms with Crippen molar-refractivity contribution in [1.82, 2.24) is 24.9 Å². The van der Waals surface area contributed by atoms with Gasteiger partial charge >= 0.3 is 12.2 Å². The summed E-state index contributed by atoms with van der Waals surface area (Å²) >= 11 is 5.59. The molecule has 2 N–H and O–H groups in total. The minimum absolute atomic E-state index is 0.0172. The Bertz CT molecular complexity index is 915. The van der Waals surface area contributed by atoms with Gasteiger partial charge < -0.3 is 15.5 Å². The Morgan fingerprint density at radius 2 is 1.91 bits per heavy atom. The molecule has 0 radical (unpaired) electrons. The summed E-state index contributed by atoms with van der Waals surface area (Å²) in [5, 5.41) is 9.01. The first-order valence-electron chi connectivity index (χ1n) is 10.1. The molecule has 1 aliphatic rings. The van der Waals surface area contributed by atoms with Gasteiger partial charge in [-0.1, -0.05) is 11.6 Å². The van der Waals surface area contributed by atoms with Crippen molar-refractivity contribution in [3.05, 3.63) is 47.2 Å². The van der Waals surface area contributed by atoms with Crippen LogP contribution in [0.15, 0.2) is 36.7 Å². The summed E-state index contributed by atoms with van der Waals surface area (Å²) in [6.45, 7) is 3.15. The third kappa shape index (κ3) is 6.86. The van der Waals surface area contributed by atoms with E-state index in [9.17, 15) is 22.8 Å². The van der Waals surface area contributed by atoms with Crippen LogP contribution in [0.2, 0.25) is 5.02 Å². The van der Waals surface area contributed by atoms with Crippen LogP contribution in [-0.4, -0.2) is 70.8 Å². The Morgan fingerprint density at radius 3 is 2.56 bits per heavy atom. The van der Waals surface area contributed by atoms with E-state index in [1.807, 2.05) is 17.2 Å². The van der Waals surface area contributed by atoms with E-state index in [2.05, 4.69) is 15.7 Å². The number of amides is 3. The molecule has 1 fully saturated rings. The Balaban J connectivity index is 1.38. The van der Waals surface area contributed by atoms with Gasteiger partial charge in [0.25, 0.3) is 0 Å². The maximum atomic E-state index is 13.0. The number of rotatable bonds is 7. The zero-order valence-corrected chi connectivity index (χ0v) is 18.0. The second-order valence-electron chi connectivity index (χ2n) is 7.36. The Kier molecular flexibility index (Phi) is 7.97. The lowest BCUT2D eigenvalue weighted by Crippen LogP contribution is -2.53. The van der Waals surface area contributed by atoms with E-state index < -0.39 is 22.7 Å². The summed E-state index contributed by atoms with van der Waals surface area (Å²) < 4.78 is 40.7. The number of hydrogen-bond donors (Lipinski definition) is 2.